The first-order valence-corrected chi connectivity index (χ1v) is 7.87. The minimum absolute atomic E-state index is 0.0949. The number of nitrogens with one attached hydrogen (secondary N) is 1. The Kier molecular flexibility index (Phi) is 4.72. The molecule has 0 aliphatic rings. The zero-order chi connectivity index (χ0) is 15.5. The van der Waals surface area contributed by atoms with Crippen LogP contribution in [0.15, 0.2) is 53.4 Å². The number of carbonyl (C=O) groups excluding carboxylic acids is 1. The van der Waals surface area contributed by atoms with Gasteiger partial charge in [-0.05, 0) is 30.3 Å². The van der Waals surface area contributed by atoms with E-state index >= 15 is 0 Å². The van der Waals surface area contributed by atoms with Crippen molar-refractivity contribution in [3.63, 3.8) is 0 Å². The van der Waals surface area contributed by atoms with Crippen molar-refractivity contribution in [1.82, 2.24) is 4.72 Å². The Balaban J connectivity index is 2.16. The van der Waals surface area contributed by atoms with Gasteiger partial charge in [0, 0.05) is 5.02 Å². The fourth-order valence-electron chi connectivity index (χ4n) is 1.47. The van der Waals surface area contributed by atoms with Gasteiger partial charge in [0.1, 0.15) is 10.6 Å². The smallest absolute Gasteiger partial charge is 0.410 e. The summed E-state index contributed by atoms with van der Waals surface area (Å²) in [4.78, 5) is 11.3. The van der Waals surface area contributed by atoms with Crippen LogP contribution >= 0.6 is 23.2 Å². The lowest BCUT2D eigenvalue weighted by Crippen LogP contribution is -2.33. The highest BCUT2D eigenvalue weighted by atomic mass is 35.5. The molecule has 8 heteroatoms. The molecule has 0 saturated heterocycles. The maximum atomic E-state index is 12.0. The molecule has 0 aliphatic heterocycles. The van der Waals surface area contributed by atoms with Crippen LogP contribution in [0.5, 0.6) is 5.75 Å². The van der Waals surface area contributed by atoms with Gasteiger partial charge in [0.25, 0.3) is 10.0 Å². The molecule has 0 radical (unpaired) electrons. The van der Waals surface area contributed by atoms with Crippen LogP contribution in [-0.2, 0) is 10.0 Å². The van der Waals surface area contributed by atoms with E-state index in [-0.39, 0.29) is 20.7 Å². The average molecular weight is 346 g/mol. The van der Waals surface area contributed by atoms with E-state index in [4.69, 9.17) is 27.9 Å². The Morgan fingerprint density at radius 1 is 1.05 bits per heavy atom. The summed E-state index contributed by atoms with van der Waals surface area (Å²) in [5.74, 6) is 0.215. The third-order valence-electron chi connectivity index (χ3n) is 2.35. The van der Waals surface area contributed by atoms with E-state index in [2.05, 4.69) is 0 Å². The van der Waals surface area contributed by atoms with Crippen LogP contribution in [0.25, 0.3) is 0 Å². The van der Waals surface area contributed by atoms with E-state index in [9.17, 15) is 13.2 Å². The van der Waals surface area contributed by atoms with Crippen molar-refractivity contribution in [2.24, 2.45) is 0 Å². The van der Waals surface area contributed by atoms with Crippen molar-refractivity contribution in [3.8, 4) is 5.75 Å². The van der Waals surface area contributed by atoms with Crippen molar-refractivity contribution < 1.29 is 17.9 Å². The molecule has 0 fully saturated rings. The van der Waals surface area contributed by atoms with Crippen molar-refractivity contribution >= 4 is 39.3 Å². The van der Waals surface area contributed by atoms with E-state index in [1.54, 1.807) is 22.9 Å². The number of hydrogen-bond donors (Lipinski definition) is 1. The summed E-state index contributed by atoms with van der Waals surface area (Å²) >= 11 is 11.5. The second-order valence-electron chi connectivity index (χ2n) is 3.88. The minimum Gasteiger partial charge on any atom is -0.410 e. The first kappa shape index (κ1) is 15.6. The lowest BCUT2D eigenvalue weighted by atomic mass is 10.3. The Morgan fingerprint density at radius 2 is 1.71 bits per heavy atom. The van der Waals surface area contributed by atoms with E-state index in [1.165, 1.54) is 30.3 Å². The number of sulfonamides is 1. The van der Waals surface area contributed by atoms with Gasteiger partial charge in [-0.2, -0.15) is 0 Å². The third kappa shape index (κ3) is 4.10. The van der Waals surface area contributed by atoms with Crippen LogP contribution in [0.4, 0.5) is 4.79 Å². The number of amides is 1. The highest BCUT2D eigenvalue weighted by molar-refractivity contribution is 7.90. The topological polar surface area (TPSA) is 72.5 Å². The number of hydrogen-bond acceptors (Lipinski definition) is 4. The summed E-state index contributed by atoms with van der Waals surface area (Å²) in [6, 6.07) is 11.9. The van der Waals surface area contributed by atoms with Crippen molar-refractivity contribution in [2.45, 2.75) is 4.90 Å². The lowest BCUT2D eigenvalue weighted by molar-refractivity contribution is 0.207. The number of para-hydroxylation sites is 1. The average Bonchev–Trinajstić information content (AvgIpc) is 2.38. The molecule has 2 rings (SSSR count). The quantitative estimate of drug-likeness (QED) is 0.924. The molecule has 0 heterocycles. The molecule has 2 aromatic carbocycles. The van der Waals surface area contributed by atoms with Crippen LogP contribution in [-0.4, -0.2) is 14.5 Å². The second kappa shape index (κ2) is 6.34. The molecule has 2 aromatic rings. The standard InChI is InChI=1S/C13H9Cl2NO4S/c14-9-6-7-12(11(15)8-9)21(18,19)16-13(17)20-10-4-2-1-3-5-10/h1-8H,(H,16,17). The van der Waals surface area contributed by atoms with E-state index in [1.807, 2.05) is 0 Å². The van der Waals surface area contributed by atoms with Crippen LogP contribution in [0.3, 0.4) is 0 Å². The summed E-state index contributed by atoms with van der Waals surface area (Å²) in [5.41, 5.74) is 0. The van der Waals surface area contributed by atoms with Gasteiger partial charge in [0.05, 0.1) is 5.02 Å². The van der Waals surface area contributed by atoms with Gasteiger partial charge < -0.3 is 4.74 Å². The van der Waals surface area contributed by atoms with Crippen molar-refractivity contribution in [3.05, 3.63) is 58.6 Å². The predicted molar refractivity (Wildman–Crippen MR) is 79.2 cm³/mol. The number of benzene rings is 2. The van der Waals surface area contributed by atoms with Gasteiger partial charge in [0.2, 0.25) is 0 Å². The monoisotopic (exact) mass is 345 g/mol. The molecule has 0 aliphatic carbocycles. The van der Waals surface area contributed by atoms with Crippen LogP contribution in [0.2, 0.25) is 10.0 Å². The number of carbonyl (C=O) groups is 1. The molecule has 0 unspecified atom stereocenters. The lowest BCUT2D eigenvalue weighted by Gasteiger charge is -2.09. The van der Waals surface area contributed by atoms with Crippen molar-refractivity contribution in [2.75, 3.05) is 0 Å². The largest absolute Gasteiger partial charge is 0.426 e. The Bertz CT molecular complexity index is 763. The van der Waals surface area contributed by atoms with Gasteiger partial charge in [-0.25, -0.2) is 17.9 Å². The van der Waals surface area contributed by atoms with Gasteiger partial charge in [-0.3, -0.25) is 0 Å². The number of rotatable bonds is 3. The summed E-state index contributed by atoms with van der Waals surface area (Å²) in [5, 5.41) is 0.188. The molecule has 1 amide bonds. The highest BCUT2D eigenvalue weighted by Gasteiger charge is 2.22. The first-order chi connectivity index (χ1) is 9.88. The molecule has 5 nitrogen and oxygen atoms in total. The number of halogens is 2. The van der Waals surface area contributed by atoms with E-state index < -0.39 is 16.1 Å². The minimum atomic E-state index is -4.14. The maximum absolute atomic E-state index is 12.0. The summed E-state index contributed by atoms with van der Waals surface area (Å²) in [6.07, 6.45) is -1.13. The van der Waals surface area contributed by atoms with Crippen LogP contribution < -0.4 is 9.46 Å². The van der Waals surface area contributed by atoms with Crippen LogP contribution in [0, 0.1) is 0 Å². The number of ether oxygens (including phenoxy) is 1. The predicted octanol–water partition coefficient (Wildman–Crippen LogP) is 3.47. The fourth-order valence-corrected chi connectivity index (χ4v) is 3.12. The second-order valence-corrected chi connectivity index (χ2v) is 6.38. The molecule has 110 valence electrons. The first-order valence-electron chi connectivity index (χ1n) is 5.63. The maximum Gasteiger partial charge on any atom is 0.426 e. The Labute approximate surface area is 131 Å². The zero-order valence-corrected chi connectivity index (χ0v) is 12.7. The molecule has 1 N–H and O–H groups in total. The normalized spacial score (nSPS) is 11.0. The molecule has 0 spiro atoms. The summed E-state index contributed by atoms with van der Waals surface area (Å²) < 4.78 is 30.7. The van der Waals surface area contributed by atoms with Gasteiger partial charge in [-0.15, -0.1) is 0 Å². The zero-order valence-electron chi connectivity index (χ0n) is 10.4. The SMILES string of the molecule is O=C(NS(=O)(=O)c1ccc(Cl)cc1Cl)Oc1ccccc1. The molecule has 21 heavy (non-hydrogen) atoms. The summed E-state index contributed by atoms with van der Waals surface area (Å²) in [7, 11) is -4.14. The highest BCUT2D eigenvalue weighted by Crippen LogP contribution is 2.24. The van der Waals surface area contributed by atoms with Gasteiger partial charge in [0.15, 0.2) is 0 Å². The van der Waals surface area contributed by atoms with E-state index in [0.717, 1.165) is 0 Å². The van der Waals surface area contributed by atoms with Crippen LogP contribution in [0.1, 0.15) is 0 Å². The molecule has 0 saturated carbocycles. The molecule has 0 bridgehead atoms. The molecular weight excluding hydrogens is 337 g/mol. The third-order valence-corrected chi connectivity index (χ3v) is 4.39. The van der Waals surface area contributed by atoms with Gasteiger partial charge in [-0.1, -0.05) is 41.4 Å². The molecule has 0 atom stereocenters. The van der Waals surface area contributed by atoms with E-state index in [0.29, 0.717) is 0 Å². The Hall–Kier alpha value is -1.76. The van der Waals surface area contributed by atoms with Gasteiger partial charge >= 0.3 is 6.09 Å². The fraction of sp³-hybridized carbons (Fsp3) is 0. The molecule has 0 aromatic heterocycles. The molecular formula is C13H9Cl2NO4S. The summed E-state index contributed by atoms with van der Waals surface area (Å²) in [6.45, 7) is 0. The van der Waals surface area contributed by atoms with Crippen molar-refractivity contribution in [1.29, 1.82) is 0 Å². The Morgan fingerprint density at radius 3 is 2.33 bits per heavy atom.